The Hall–Kier alpha value is -0.610. The third-order valence-corrected chi connectivity index (χ3v) is 5.75. The van der Waals surface area contributed by atoms with E-state index >= 15 is 0 Å². The van der Waals surface area contributed by atoms with Crippen LogP contribution < -0.4 is 5.73 Å². The minimum absolute atomic E-state index is 0.379. The molecule has 4 nitrogen and oxygen atoms in total. The van der Waals surface area contributed by atoms with E-state index in [9.17, 15) is 4.79 Å². The molecule has 3 fully saturated rings. The Kier molecular flexibility index (Phi) is 5.17. The summed E-state index contributed by atoms with van der Waals surface area (Å²) in [7, 11) is 0. The van der Waals surface area contributed by atoms with Gasteiger partial charge in [-0.2, -0.15) is 0 Å². The second kappa shape index (κ2) is 7.10. The fourth-order valence-corrected chi connectivity index (χ4v) is 4.51. The van der Waals surface area contributed by atoms with Crippen LogP contribution in [0.1, 0.15) is 57.8 Å². The van der Waals surface area contributed by atoms with Gasteiger partial charge in [0.15, 0.2) is 0 Å². The van der Waals surface area contributed by atoms with Gasteiger partial charge < -0.3 is 10.6 Å². The third-order valence-electron chi connectivity index (χ3n) is 5.75. The van der Waals surface area contributed by atoms with E-state index in [0.29, 0.717) is 23.9 Å². The molecule has 2 aliphatic heterocycles. The molecule has 0 bridgehead atoms. The topological polar surface area (TPSA) is 49.6 Å². The Balaban J connectivity index is 1.46. The molecule has 3 unspecified atom stereocenters. The first-order valence-corrected chi connectivity index (χ1v) is 9.00. The molecule has 3 atom stereocenters. The molecule has 0 aromatic rings. The molecule has 21 heavy (non-hydrogen) atoms. The van der Waals surface area contributed by atoms with Crippen LogP contribution in [0.3, 0.4) is 0 Å². The van der Waals surface area contributed by atoms with Gasteiger partial charge in [-0.3, -0.25) is 9.69 Å². The van der Waals surface area contributed by atoms with Gasteiger partial charge in [0.05, 0.1) is 0 Å². The highest BCUT2D eigenvalue weighted by atomic mass is 16.2. The van der Waals surface area contributed by atoms with E-state index in [1.165, 1.54) is 45.2 Å². The Morgan fingerprint density at radius 3 is 2.76 bits per heavy atom. The average Bonchev–Trinajstić information content (AvgIpc) is 2.82. The molecule has 2 N–H and O–H groups in total. The molecule has 2 heterocycles. The lowest BCUT2D eigenvalue weighted by Crippen LogP contribution is -2.39. The maximum atomic E-state index is 12.5. The van der Waals surface area contributed by atoms with Crippen molar-refractivity contribution in [2.75, 3.05) is 26.2 Å². The van der Waals surface area contributed by atoms with E-state index in [4.69, 9.17) is 5.73 Å². The zero-order valence-electron chi connectivity index (χ0n) is 13.3. The lowest BCUT2D eigenvalue weighted by Gasteiger charge is -2.28. The summed E-state index contributed by atoms with van der Waals surface area (Å²) in [6.07, 6.45) is 10.4. The molecule has 0 aromatic carbocycles. The van der Waals surface area contributed by atoms with Crippen molar-refractivity contribution in [2.24, 2.45) is 11.7 Å². The van der Waals surface area contributed by atoms with Gasteiger partial charge >= 0.3 is 0 Å². The molecule has 4 heteroatoms. The van der Waals surface area contributed by atoms with Crippen molar-refractivity contribution in [3.05, 3.63) is 0 Å². The van der Waals surface area contributed by atoms with Crippen molar-refractivity contribution in [1.29, 1.82) is 0 Å². The Labute approximate surface area is 129 Å². The number of hydrogen-bond acceptors (Lipinski definition) is 3. The summed E-state index contributed by atoms with van der Waals surface area (Å²) in [5.41, 5.74) is 6.05. The summed E-state index contributed by atoms with van der Waals surface area (Å²) in [5, 5.41) is 0. The first-order valence-electron chi connectivity index (χ1n) is 9.00. The van der Waals surface area contributed by atoms with Crippen LogP contribution >= 0.6 is 0 Å². The number of amides is 1. The van der Waals surface area contributed by atoms with Gasteiger partial charge in [0, 0.05) is 38.1 Å². The van der Waals surface area contributed by atoms with Gasteiger partial charge in [0.2, 0.25) is 5.91 Å². The van der Waals surface area contributed by atoms with E-state index in [0.717, 1.165) is 38.8 Å². The van der Waals surface area contributed by atoms with Crippen molar-refractivity contribution in [2.45, 2.75) is 69.9 Å². The maximum Gasteiger partial charge on any atom is 0.222 e. The number of hydrogen-bond donors (Lipinski definition) is 1. The van der Waals surface area contributed by atoms with Crippen LogP contribution in [0.2, 0.25) is 0 Å². The summed E-state index contributed by atoms with van der Waals surface area (Å²) in [5.74, 6) is 1.08. The van der Waals surface area contributed by atoms with Crippen LogP contribution in [0.5, 0.6) is 0 Å². The van der Waals surface area contributed by atoms with Crippen LogP contribution in [0.15, 0.2) is 0 Å². The van der Waals surface area contributed by atoms with Crippen LogP contribution in [0.4, 0.5) is 0 Å². The van der Waals surface area contributed by atoms with Gasteiger partial charge in [-0.05, 0) is 51.0 Å². The fourth-order valence-electron chi connectivity index (χ4n) is 4.51. The van der Waals surface area contributed by atoms with E-state index in [1.54, 1.807) is 0 Å². The van der Waals surface area contributed by atoms with E-state index < -0.39 is 0 Å². The molecule has 3 aliphatic rings. The lowest BCUT2D eigenvalue weighted by molar-refractivity contribution is -0.131. The molecule has 0 radical (unpaired) electrons. The molecular weight excluding hydrogens is 262 g/mol. The predicted molar refractivity (Wildman–Crippen MR) is 85.0 cm³/mol. The van der Waals surface area contributed by atoms with Crippen molar-refractivity contribution in [3.63, 3.8) is 0 Å². The number of carbonyl (C=O) groups excluding carboxylic acids is 1. The van der Waals surface area contributed by atoms with E-state index in [-0.39, 0.29) is 0 Å². The standard InChI is InChI=1S/C17H31N3O/c18-15-5-1-4-14(12-15)7-8-17(21)20-11-3-10-19-9-2-6-16(19)13-20/h14-16H,1-13,18H2. The zero-order chi connectivity index (χ0) is 14.7. The van der Waals surface area contributed by atoms with E-state index in [2.05, 4.69) is 9.80 Å². The number of nitrogens with zero attached hydrogens (tertiary/aromatic N) is 2. The second-order valence-electron chi connectivity index (χ2n) is 7.36. The lowest BCUT2D eigenvalue weighted by atomic mass is 9.83. The summed E-state index contributed by atoms with van der Waals surface area (Å²) in [6.45, 7) is 4.37. The first-order chi connectivity index (χ1) is 10.2. The average molecular weight is 293 g/mol. The maximum absolute atomic E-state index is 12.5. The fraction of sp³-hybridized carbons (Fsp3) is 0.941. The number of fused-ring (bicyclic) bond motifs is 1. The van der Waals surface area contributed by atoms with Crippen molar-refractivity contribution in [3.8, 4) is 0 Å². The third kappa shape index (κ3) is 3.98. The van der Waals surface area contributed by atoms with Crippen molar-refractivity contribution in [1.82, 2.24) is 9.80 Å². The molecule has 120 valence electrons. The first kappa shape index (κ1) is 15.3. The second-order valence-corrected chi connectivity index (χ2v) is 7.36. The number of rotatable bonds is 3. The van der Waals surface area contributed by atoms with Crippen LogP contribution in [-0.4, -0.2) is 54.0 Å². The molecule has 1 aliphatic carbocycles. The summed E-state index contributed by atoms with van der Waals surface area (Å²) < 4.78 is 0. The van der Waals surface area contributed by atoms with Gasteiger partial charge in [0.1, 0.15) is 0 Å². The molecule has 3 rings (SSSR count). The zero-order valence-corrected chi connectivity index (χ0v) is 13.3. The Bertz CT molecular complexity index is 360. The van der Waals surface area contributed by atoms with Crippen molar-refractivity contribution < 1.29 is 4.79 Å². The van der Waals surface area contributed by atoms with Crippen LogP contribution in [0.25, 0.3) is 0 Å². The van der Waals surface area contributed by atoms with Gasteiger partial charge in [-0.25, -0.2) is 0 Å². The predicted octanol–water partition coefficient (Wildman–Crippen LogP) is 1.98. The molecule has 2 saturated heterocycles. The normalized spacial score (nSPS) is 34.5. The van der Waals surface area contributed by atoms with Crippen LogP contribution in [0, 0.1) is 5.92 Å². The molecule has 1 saturated carbocycles. The number of nitrogens with two attached hydrogens (primary N) is 1. The Morgan fingerprint density at radius 2 is 1.90 bits per heavy atom. The highest BCUT2D eigenvalue weighted by Gasteiger charge is 2.30. The monoisotopic (exact) mass is 293 g/mol. The Morgan fingerprint density at radius 1 is 1.05 bits per heavy atom. The smallest absolute Gasteiger partial charge is 0.222 e. The van der Waals surface area contributed by atoms with Crippen molar-refractivity contribution >= 4 is 5.91 Å². The SMILES string of the molecule is NC1CCCC(CCC(=O)N2CCCN3CCCC3C2)C1. The minimum Gasteiger partial charge on any atom is -0.341 e. The molecule has 1 amide bonds. The molecule has 0 aromatic heterocycles. The molecular formula is C17H31N3O. The highest BCUT2D eigenvalue weighted by Crippen LogP contribution is 2.27. The van der Waals surface area contributed by atoms with Gasteiger partial charge in [-0.15, -0.1) is 0 Å². The van der Waals surface area contributed by atoms with Gasteiger partial charge in [-0.1, -0.05) is 12.8 Å². The molecule has 0 spiro atoms. The quantitative estimate of drug-likeness (QED) is 0.865. The van der Waals surface area contributed by atoms with Gasteiger partial charge in [0.25, 0.3) is 0 Å². The summed E-state index contributed by atoms with van der Waals surface area (Å²) in [4.78, 5) is 17.3. The summed E-state index contributed by atoms with van der Waals surface area (Å²) in [6, 6.07) is 1.02. The number of carbonyl (C=O) groups is 1. The highest BCUT2D eigenvalue weighted by molar-refractivity contribution is 5.76. The van der Waals surface area contributed by atoms with E-state index in [1.807, 2.05) is 0 Å². The summed E-state index contributed by atoms with van der Waals surface area (Å²) >= 11 is 0. The largest absolute Gasteiger partial charge is 0.341 e. The minimum atomic E-state index is 0.379. The van der Waals surface area contributed by atoms with Crippen LogP contribution in [-0.2, 0) is 4.79 Å².